The second kappa shape index (κ2) is 5.07. The van der Waals surface area contributed by atoms with E-state index in [-0.39, 0.29) is 11.6 Å². The van der Waals surface area contributed by atoms with Crippen molar-refractivity contribution in [3.05, 3.63) is 40.9 Å². The van der Waals surface area contributed by atoms with E-state index in [1.807, 2.05) is 0 Å². The lowest BCUT2D eigenvalue weighted by Gasteiger charge is -2.06. The zero-order valence-electron chi connectivity index (χ0n) is 8.52. The van der Waals surface area contributed by atoms with Gasteiger partial charge in [-0.25, -0.2) is 10.2 Å². The summed E-state index contributed by atoms with van der Waals surface area (Å²) in [6, 6.07) is 4.45. The van der Waals surface area contributed by atoms with Crippen LogP contribution in [0.15, 0.2) is 35.1 Å². The Morgan fingerprint density at radius 2 is 2.18 bits per heavy atom. The van der Waals surface area contributed by atoms with Crippen molar-refractivity contribution in [1.29, 1.82) is 0 Å². The minimum absolute atomic E-state index is 0.0664. The van der Waals surface area contributed by atoms with Crippen LogP contribution in [0.1, 0.15) is 0 Å². The van der Waals surface area contributed by atoms with Crippen molar-refractivity contribution in [2.45, 2.75) is 0 Å². The normalized spacial score (nSPS) is 10.1. The molecule has 0 atom stereocenters. The van der Waals surface area contributed by atoms with E-state index in [1.165, 1.54) is 24.5 Å². The molecule has 5 nitrogen and oxygen atoms in total. The summed E-state index contributed by atoms with van der Waals surface area (Å²) >= 11 is 3.15. The highest BCUT2D eigenvalue weighted by molar-refractivity contribution is 9.10. The number of nitrogens with one attached hydrogen (secondary N) is 1. The van der Waals surface area contributed by atoms with E-state index in [1.54, 1.807) is 6.07 Å². The van der Waals surface area contributed by atoms with Gasteiger partial charge in [-0.2, -0.15) is 4.98 Å². The van der Waals surface area contributed by atoms with Crippen LogP contribution in [0, 0.1) is 5.82 Å². The fraction of sp³-hybridized carbons (Fsp3) is 0. The highest BCUT2D eigenvalue weighted by Crippen LogP contribution is 2.25. The predicted molar refractivity (Wildman–Crippen MR) is 64.0 cm³/mol. The van der Waals surface area contributed by atoms with Gasteiger partial charge in [-0.15, -0.1) is 0 Å². The molecule has 17 heavy (non-hydrogen) atoms. The molecule has 1 aromatic heterocycles. The number of anilines is 1. The molecule has 0 aliphatic heterocycles. The quantitative estimate of drug-likeness (QED) is 0.673. The molecule has 88 valence electrons. The molecular formula is C10H8BrFN4O. The Morgan fingerprint density at radius 1 is 1.35 bits per heavy atom. The van der Waals surface area contributed by atoms with Gasteiger partial charge in [0.15, 0.2) is 17.4 Å². The maximum atomic E-state index is 13.5. The largest absolute Gasteiger partial charge is 0.434 e. The molecule has 1 heterocycles. The molecule has 1 aromatic carbocycles. The first kappa shape index (κ1) is 11.7. The van der Waals surface area contributed by atoms with Gasteiger partial charge in [0.25, 0.3) is 0 Å². The maximum Gasteiger partial charge on any atom is 0.239 e. The molecular weight excluding hydrogens is 291 g/mol. The Hall–Kier alpha value is -1.73. The number of aromatic nitrogens is 2. The zero-order chi connectivity index (χ0) is 12.3. The van der Waals surface area contributed by atoms with Crippen LogP contribution in [0.2, 0.25) is 0 Å². The lowest BCUT2D eigenvalue weighted by atomic mass is 10.3. The third-order valence-corrected chi connectivity index (χ3v) is 2.36. The summed E-state index contributed by atoms with van der Waals surface area (Å²) in [5.41, 5.74) is 2.32. The van der Waals surface area contributed by atoms with Gasteiger partial charge in [0.1, 0.15) is 0 Å². The van der Waals surface area contributed by atoms with Gasteiger partial charge in [-0.3, -0.25) is 4.98 Å². The van der Waals surface area contributed by atoms with Crippen molar-refractivity contribution in [3.8, 4) is 11.6 Å². The molecule has 3 N–H and O–H groups in total. The van der Waals surface area contributed by atoms with Crippen LogP contribution in [0.3, 0.4) is 0 Å². The number of nitrogens with two attached hydrogens (primary N) is 1. The Balaban J connectivity index is 2.25. The molecule has 0 spiro atoms. The SMILES string of the molecule is NNc1cncc(Oc2ccc(Br)cc2F)n1. The molecule has 0 radical (unpaired) electrons. The number of ether oxygens (including phenoxy) is 1. The maximum absolute atomic E-state index is 13.5. The molecule has 7 heteroatoms. The summed E-state index contributed by atoms with van der Waals surface area (Å²) in [4.78, 5) is 7.79. The van der Waals surface area contributed by atoms with Gasteiger partial charge in [0.2, 0.25) is 5.88 Å². The molecule has 0 saturated carbocycles. The summed E-state index contributed by atoms with van der Waals surface area (Å²) in [5.74, 6) is 5.23. The number of nitrogen functional groups attached to an aromatic ring is 1. The Kier molecular flexibility index (Phi) is 3.50. The molecule has 0 unspecified atom stereocenters. The van der Waals surface area contributed by atoms with Gasteiger partial charge < -0.3 is 10.2 Å². The average Bonchev–Trinajstić information content (AvgIpc) is 2.33. The molecule has 0 fully saturated rings. The van der Waals surface area contributed by atoms with Crippen LogP contribution >= 0.6 is 15.9 Å². The zero-order valence-corrected chi connectivity index (χ0v) is 10.1. The van der Waals surface area contributed by atoms with Crippen LogP contribution in [0.5, 0.6) is 11.6 Å². The average molecular weight is 299 g/mol. The number of hydrogen-bond acceptors (Lipinski definition) is 5. The van der Waals surface area contributed by atoms with E-state index < -0.39 is 5.82 Å². The van der Waals surface area contributed by atoms with Crippen molar-refractivity contribution in [2.24, 2.45) is 5.84 Å². The van der Waals surface area contributed by atoms with E-state index in [0.29, 0.717) is 10.3 Å². The second-order valence-corrected chi connectivity index (χ2v) is 3.98. The standard InChI is InChI=1S/C10H8BrFN4O/c11-6-1-2-8(7(12)3-6)17-10-5-14-4-9(15-10)16-13/h1-5H,13H2,(H,15,16). The first-order chi connectivity index (χ1) is 8.19. The predicted octanol–water partition coefficient (Wildman–Crippen LogP) is 2.46. The fourth-order valence-electron chi connectivity index (χ4n) is 1.14. The molecule has 0 bridgehead atoms. The molecule has 0 aliphatic carbocycles. The third-order valence-electron chi connectivity index (χ3n) is 1.87. The number of hydrazine groups is 1. The van der Waals surface area contributed by atoms with E-state index in [2.05, 4.69) is 31.3 Å². The van der Waals surface area contributed by atoms with Crippen LogP contribution in [0.25, 0.3) is 0 Å². The molecule has 0 saturated heterocycles. The van der Waals surface area contributed by atoms with Gasteiger partial charge >= 0.3 is 0 Å². The van der Waals surface area contributed by atoms with Crippen LogP contribution in [-0.2, 0) is 0 Å². The number of halogens is 2. The first-order valence-electron chi connectivity index (χ1n) is 4.60. The second-order valence-electron chi connectivity index (χ2n) is 3.06. The van der Waals surface area contributed by atoms with Crippen molar-refractivity contribution < 1.29 is 9.13 Å². The smallest absolute Gasteiger partial charge is 0.239 e. The Bertz CT molecular complexity index is 537. The monoisotopic (exact) mass is 298 g/mol. The molecule has 0 amide bonds. The van der Waals surface area contributed by atoms with Crippen molar-refractivity contribution in [3.63, 3.8) is 0 Å². The summed E-state index contributed by atoms with van der Waals surface area (Å²) < 4.78 is 19.3. The van der Waals surface area contributed by atoms with Crippen LogP contribution < -0.4 is 16.0 Å². The summed E-state index contributed by atoms with van der Waals surface area (Å²) in [7, 11) is 0. The Labute approximate surface area is 105 Å². The first-order valence-corrected chi connectivity index (χ1v) is 5.40. The van der Waals surface area contributed by atoms with Crippen LogP contribution in [0.4, 0.5) is 10.2 Å². The number of hydrogen-bond donors (Lipinski definition) is 2. The minimum Gasteiger partial charge on any atom is -0.434 e. The lowest BCUT2D eigenvalue weighted by molar-refractivity contribution is 0.426. The Morgan fingerprint density at radius 3 is 2.88 bits per heavy atom. The molecule has 0 aliphatic rings. The van der Waals surface area contributed by atoms with E-state index in [0.717, 1.165) is 0 Å². The van der Waals surface area contributed by atoms with Gasteiger partial charge in [0.05, 0.1) is 12.4 Å². The van der Waals surface area contributed by atoms with Crippen molar-refractivity contribution >= 4 is 21.7 Å². The van der Waals surface area contributed by atoms with Gasteiger partial charge in [-0.1, -0.05) is 15.9 Å². The third kappa shape index (κ3) is 2.89. The molecule has 2 aromatic rings. The van der Waals surface area contributed by atoms with Crippen molar-refractivity contribution in [1.82, 2.24) is 9.97 Å². The van der Waals surface area contributed by atoms with E-state index in [4.69, 9.17) is 10.6 Å². The summed E-state index contributed by atoms with van der Waals surface area (Å²) in [6.07, 6.45) is 2.78. The van der Waals surface area contributed by atoms with Gasteiger partial charge in [0, 0.05) is 4.47 Å². The highest BCUT2D eigenvalue weighted by atomic mass is 79.9. The van der Waals surface area contributed by atoms with Crippen molar-refractivity contribution in [2.75, 3.05) is 5.43 Å². The van der Waals surface area contributed by atoms with Crippen LogP contribution in [-0.4, -0.2) is 9.97 Å². The van der Waals surface area contributed by atoms with E-state index in [9.17, 15) is 4.39 Å². The number of rotatable bonds is 3. The fourth-order valence-corrected chi connectivity index (χ4v) is 1.47. The number of benzene rings is 1. The summed E-state index contributed by atoms with van der Waals surface area (Å²) in [6.45, 7) is 0. The minimum atomic E-state index is -0.493. The number of nitrogens with zero attached hydrogens (tertiary/aromatic N) is 2. The van der Waals surface area contributed by atoms with Gasteiger partial charge in [-0.05, 0) is 18.2 Å². The van der Waals surface area contributed by atoms with E-state index >= 15 is 0 Å². The summed E-state index contributed by atoms with van der Waals surface area (Å²) in [5, 5.41) is 0. The topological polar surface area (TPSA) is 73.1 Å². The highest BCUT2D eigenvalue weighted by Gasteiger charge is 2.06. The lowest BCUT2D eigenvalue weighted by Crippen LogP contribution is -2.09. The molecule has 2 rings (SSSR count).